The fourth-order valence-electron chi connectivity index (χ4n) is 1.53. The third-order valence-corrected chi connectivity index (χ3v) is 2.42. The van der Waals surface area contributed by atoms with Gasteiger partial charge in [0.15, 0.2) is 0 Å². The van der Waals surface area contributed by atoms with Gasteiger partial charge in [0.25, 0.3) is 0 Å². The minimum atomic E-state index is 0.0331. The summed E-state index contributed by atoms with van der Waals surface area (Å²) in [6, 6.07) is 7.93. The van der Waals surface area contributed by atoms with Crippen molar-refractivity contribution in [2.75, 3.05) is 5.32 Å². The molecule has 1 amide bonds. The molecule has 1 aromatic rings. The van der Waals surface area contributed by atoms with Crippen molar-refractivity contribution in [3.63, 3.8) is 0 Å². The zero-order chi connectivity index (χ0) is 12.5. The number of carbonyl (C=O) groups excluding carboxylic acids is 1. The van der Waals surface area contributed by atoms with Gasteiger partial charge in [-0.15, -0.1) is 13.2 Å². The van der Waals surface area contributed by atoms with Crippen LogP contribution < -0.4 is 5.32 Å². The molecule has 0 aliphatic carbocycles. The predicted octanol–water partition coefficient (Wildman–Crippen LogP) is 3.71. The maximum atomic E-state index is 11.5. The lowest BCUT2D eigenvalue weighted by atomic mass is 10.1. The molecule has 1 N–H and O–H groups in total. The maximum Gasteiger partial charge on any atom is 0.224 e. The Morgan fingerprint density at radius 3 is 2.71 bits per heavy atom. The number of hydrogen-bond acceptors (Lipinski definition) is 1. The first-order valence-electron chi connectivity index (χ1n) is 5.87. The number of aryl methyl sites for hydroxylation is 1. The lowest BCUT2D eigenvalue weighted by Crippen LogP contribution is -2.10. The summed E-state index contributed by atoms with van der Waals surface area (Å²) in [5.41, 5.74) is 2.08. The number of carbonyl (C=O) groups is 1. The van der Waals surface area contributed by atoms with Crippen molar-refractivity contribution in [3.05, 3.63) is 55.1 Å². The third-order valence-electron chi connectivity index (χ3n) is 2.42. The first-order valence-corrected chi connectivity index (χ1v) is 5.87. The molecule has 0 saturated heterocycles. The largest absolute Gasteiger partial charge is 0.326 e. The highest BCUT2D eigenvalue weighted by molar-refractivity contribution is 5.90. The summed E-state index contributed by atoms with van der Waals surface area (Å²) in [7, 11) is 0. The molecule has 0 aliphatic rings. The zero-order valence-electron chi connectivity index (χ0n) is 10.1. The molecule has 0 radical (unpaired) electrons. The van der Waals surface area contributed by atoms with E-state index in [2.05, 4.69) is 24.5 Å². The molecular formula is C15H19NO. The van der Waals surface area contributed by atoms with Gasteiger partial charge in [0.05, 0.1) is 0 Å². The smallest absolute Gasteiger partial charge is 0.224 e. The number of nitrogens with one attached hydrogen (secondary N) is 1. The molecule has 0 saturated carbocycles. The average molecular weight is 229 g/mol. The van der Waals surface area contributed by atoms with Gasteiger partial charge in [-0.25, -0.2) is 0 Å². The van der Waals surface area contributed by atoms with Gasteiger partial charge in [0.1, 0.15) is 0 Å². The van der Waals surface area contributed by atoms with Crippen LogP contribution in [0, 0.1) is 0 Å². The summed E-state index contributed by atoms with van der Waals surface area (Å²) in [6.45, 7) is 7.30. The molecule has 0 bridgehead atoms. The SMILES string of the molecule is C=CCCC(=O)Nc1cccc(CCC=C)c1. The molecule has 90 valence electrons. The first-order chi connectivity index (χ1) is 8.26. The van der Waals surface area contributed by atoms with Crippen molar-refractivity contribution >= 4 is 11.6 Å². The Morgan fingerprint density at radius 1 is 1.24 bits per heavy atom. The molecule has 0 atom stereocenters. The highest BCUT2D eigenvalue weighted by Crippen LogP contribution is 2.13. The van der Waals surface area contributed by atoms with Crippen molar-refractivity contribution in [1.29, 1.82) is 0 Å². The second-order valence-electron chi connectivity index (χ2n) is 3.90. The number of rotatable bonds is 7. The average Bonchev–Trinajstić information content (AvgIpc) is 2.34. The van der Waals surface area contributed by atoms with E-state index in [-0.39, 0.29) is 5.91 Å². The standard InChI is InChI=1S/C15H19NO/c1-3-5-8-13-9-7-10-14(12-13)16-15(17)11-6-4-2/h3-4,7,9-10,12H,1-2,5-6,8,11H2,(H,16,17). The minimum Gasteiger partial charge on any atom is -0.326 e. The van der Waals surface area contributed by atoms with Crippen LogP contribution in [0.4, 0.5) is 5.69 Å². The van der Waals surface area contributed by atoms with Crippen molar-refractivity contribution in [2.45, 2.75) is 25.7 Å². The van der Waals surface area contributed by atoms with Crippen LogP contribution in [0.15, 0.2) is 49.6 Å². The van der Waals surface area contributed by atoms with Crippen LogP contribution in [0.1, 0.15) is 24.8 Å². The molecule has 0 heterocycles. The number of allylic oxidation sites excluding steroid dienone is 2. The summed E-state index contributed by atoms with van der Waals surface area (Å²) < 4.78 is 0. The Morgan fingerprint density at radius 2 is 2.00 bits per heavy atom. The molecule has 17 heavy (non-hydrogen) atoms. The zero-order valence-corrected chi connectivity index (χ0v) is 10.1. The van der Waals surface area contributed by atoms with Gasteiger partial charge < -0.3 is 5.32 Å². The molecule has 1 aromatic carbocycles. The van der Waals surface area contributed by atoms with E-state index < -0.39 is 0 Å². The van der Waals surface area contributed by atoms with E-state index in [1.165, 1.54) is 5.56 Å². The van der Waals surface area contributed by atoms with E-state index in [4.69, 9.17) is 0 Å². The lowest BCUT2D eigenvalue weighted by Gasteiger charge is -2.06. The van der Waals surface area contributed by atoms with Crippen LogP contribution >= 0.6 is 0 Å². The summed E-state index contributed by atoms with van der Waals surface area (Å²) in [4.78, 5) is 11.5. The summed E-state index contributed by atoms with van der Waals surface area (Å²) >= 11 is 0. The van der Waals surface area contributed by atoms with Crippen molar-refractivity contribution in [2.24, 2.45) is 0 Å². The fraction of sp³-hybridized carbons (Fsp3) is 0.267. The van der Waals surface area contributed by atoms with Crippen molar-refractivity contribution in [3.8, 4) is 0 Å². The molecule has 2 nitrogen and oxygen atoms in total. The van der Waals surface area contributed by atoms with Crippen LogP contribution in [0.5, 0.6) is 0 Å². The second kappa shape index (κ2) is 7.44. The molecule has 2 heteroatoms. The summed E-state index contributed by atoms with van der Waals surface area (Å²) in [5.74, 6) is 0.0331. The van der Waals surface area contributed by atoms with Gasteiger partial charge in [-0.1, -0.05) is 24.3 Å². The Bertz CT molecular complexity index is 396. The van der Waals surface area contributed by atoms with E-state index in [9.17, 15) is 4.79 Å². The minimum absolute atomic E-state index is 0.0331. The molecular weight excluding hydrogens is 210 g/mol. The van der Waals surface area contributed by atoms with Crippen LogP contribution in [0.2, 0.25) is 0 Å². The Kier molecular flexibility index (Phi) is 5.80. The number of benzene rings is 1. The highest BCUT2D eigenvalue weighted by atomic mass is 16.1. The van der Waals surface area contributed by atoms with E-state index in [1.807, 2.05) is 24.3 Å². The van der Waals surface area contributed by atoms with Crippen LogP contribution in [-0.2, 0) is 11.2 Å². The van der Waals surface area contributed by atoms with Crippen LogP contribution in [-0.4, -0.2) is 5.91 Å². The van der Waals surface area contributed by atoms with Crippen molar-refractivity contribution in [1.82, 2.24) is 0 Å². The van der Waals surface area contributed by atoms with Gasteiger partial charge in [0.2, 0.25) is 5.91 Å². The third kappa shape index (κ3) is 5.16. The molecule has 0 unspecified atom stereocenters. The number of hydrogen-bond donors (Lipinski definition) is 1. The number of anilines is 1. The van der Waals surface area contributed by atoms with E-state index in [0.717, 1.165) is 18.5 Å². The monoisotopic (exact) mass is 229 g/mol. The van der Waals surface area contributed by atoms with Crippen LogP contribution in [0.3, 0.4) is 0 Å². The molecule has 0 aliphatic heterocycles. The summed E-state index contributed by atoms with van der Waals surface area (Å²) in [6.07, 6.45) is 6.76. The second-order valence-corrected chi connectivity index (χ2v) is 3.90. The Labute approximate surface area is 103 Å². The van der Waals surface area contributed by atoms with Gasteiger partial charge >= 0.3 is 0 Å². The van der Waals surface area contributed by atoms with Crippen LogP contribution in [0.25, 0.3) is 0 Å². The fourth-order valence-corrected chi connectivity index (χ4v) is 1.53. The van der Waals surface area contributed by atoms with E-state index >= 15 is 0 Å². The predicted molar refractivity (Wildman–Crippen MR) is 73.0 cm³/mol. The van der Waals surface area contributed by atoms with E-state index in [0.29, 0.717) is 12.8 Å². The van der Waals surface area contributed by atoms with Crippen molar-refractivity contribution < 1.29 is 4.79 Å². The quantitative estimate of drug-likeness (QED) is 0.709. The maximum absolute atomic E-state index is 11.5. The topological polar surface area (TPSA) is 29.1 Å². The lowest BCUT2D eigenvalue weighted by molar-refractivity contribution is -0.116. The Balaban J connectivity index is 2.55. The van der Waals surface area contributed by atoms with Gasteiger partial charge in [-0.2, -0.15) is 0 Å². The van der Waals surface area contributed by atoms with E-state index in [1.54, 1.807) is 6.08 Å². The first kappa shape index (κ1) is 13.2. The normalized spacial score (nSPS) is 9.65. The molecule has 1 rings (SSSR count). The van der Waals surface area contributed by atoms with Gasteiger partial charge in [-0.05, 0) is 37.0 Å². The van der Waals surface area contributed by atoms with Gasteiger partial charge in [0, 0.05) is 12.1 Å². The summed E-state index contributed by atoms with van der Waals surface area (Å²) in [5, 5.41) is 2.88. The molecule has 0 fully saturated rings. The Hall–Kier alpha value is -1.83. The molecule has 0 aromatic heterocycles. The highest BCUT2D eigenvalue weighted by Gasteiger charge is 2.01. The number of amides is 1. The van der Waals surface area contributed by atoms with Gasteiger partial charge in [-0.3, -0.25) is 4.79 Å². The molecule has 0 spiro atoms.